The number of carbonyl (C=O) groups is 3. The molecule has 0 saturated heterocycles. The summed E-state index contributed by atoms with van der Waals surface area (Å²) in [6, 6.07) is 0. The molecule has 0 aliphatic heterocycles. The summed E-state index contributed by atoms with van der Waals surface area (Å²) in [7, 11) is 0. The standard InChI is InChI=1S/C44H78F3NO5/c1-3-5-7-9-11-13-15-17-19-21-23-25-27-29-31-35-41(49)52-39-33-37-48(43(51)44(45,46)47)38-34-40-53-42(50)36-32-30-28-26-24-22-20-18-16-14-12-10-8-6-4-2/h17-20H,3-16,21-40H2,1-2H3/b19-17-,20-18-. The molecule has 0 N–H and O–H groups in total. The highest BCUT2D eigenvalue weighted by Gasteiger charge is 2.42. The van der Waals surface area contributed by atoms with Crippen LogP contribution in [0.3, 0.4) is 0 Å². The molecule has 1 amide bonds. The number of amides is 1. The first kappa shape index (κ1) is 50.7. The molecule has 0 aromatic heterocycles. The van der Waals surface area contributed by atoms with E-state index in [1.54, 1.807) is 0 Å². The molecule has 0 radical (unpaired) electrons. The summed E-state index contributed by atoms with van der Waals surface area (Å²) in [6.07, 6.45) is 35.3. The fraction of sp³-hybridized carbons (Fsp3) is 0.841. The van der Waals surface area contributed by atoms with Gasteiger partial charge in [-0.2, -0.15) is 13.2 Å². The number of allylic oxidation sites excluding steroid dienone is 4. The highest BCUT2D eigenvalue weighted by molar-refractivity contribution is 5.81. The average molecular weight is 758 g/mol. The Hall–Kier alpha value is -2.32. The number of esters is 2. The van der Waals surface area contributed by atoms with Gasteiger partial charge < -0.3 is 14.4 Å². The number of ether oxygens (including phenoxy) is 2. The van der Waals surface area contributed by atoms with Gasteiger partial charge in [-0.05, 0) is 77.0 Å². The monoisotopic (exact) mass is 758 g/mol. The first-order chi connectivity index (χ1) is 25.7. The van der Waals surface area contributed by atoms with Crippen LogP contribution in [0, 0.1) is 0 Å². The van der Waals surface area contributed by atoms with Gasteiger partial charge in [0.2, 0.25) is 0 Å². The Bertz CT molecular complexity index is 861. The van der Waals surface area contributed by atoms with Crippen LogP contribution in [-0.4, -0.2) is 55.2 Å². The Kier molecular flexibility index (Phi) is 36.3. The van der Waals surface area contributed by atoms with E-state index in [4.69, 9.17) is 9.47 Å². The maximum absolute atomic E-state index is 13.2. The number of halogens is 3. The Balaban J connectivity index is 3.91. The third kappa shape index (κ3) is 36.4. The largest absolute Gasteiger partial charge is 0.471 e. The molecule has 0 aliphatic rings. The quantitative estimate of drug-likeness (QED) is 0.0356. The molecule has 9 heteroatoms. The van der Waals surface area contributed by atoms with Gasteiger partial charge in [-0.3, -0.25) is 14.4 Å². The van der Waals surface area contributed by atoms with E-state index in [1.165, 1.54) is 89.9 Å². The SMILES string of the molecule is CCCCCCCC/C=C\CCCCCCCC(=O)OCCCN(CCCOC(=O)CCCCCCC/C=C\CCCCCCCC)C(=O)C(F)(F)F. The summed E-state index contributed by atoms with van der Waals surface area (Å²) in [6.45, 7) is 4.00. The number of nitrogens with zero attached hydrogens (tertiary/aromatic N) is 1. The van der Waals surface area contributed by atoms with Crippen molar-refractivity contribution in [2.75, 3.05) is 26.3 Å². The molecule has 0 aromatic carbocycles. The minimum Gasteiger partial charge on any atom is -0.466 e. The van der Waals surface area contributed by atoms with E-state index in [-0.39, 0.29) is 63.9 Å². The van der Waals surface area contributed by atoms with Gasteiger partial charge in [-0.15, -0.1) is 0 Å². The molecule has 0 heterocycles. The topological polar surface area (TPSA) is 72.9 Å². The third-order valence-corrected chi connectivity index (χ3v) is 9.49. The maximum Gasteiger partial charge on any atom is 0.471 e. The molecular formula is C44H78F3NO5. The molecule has 0 rings (SSSR count). The van der Waals surface area contributed by atoms with Crippen LogP contribution >= 0.6 is 0 Å². The smallest absolute Gasteiger partial charge is 0.466 e. The zero-order valence-corrected chi connectivity index (χ0v) is 34.0. The van der Waals surface area contributed by atoms with Crippen LogP contribution in [0.15, 0.2) is 24.3 Å². The van der Waals surface area contributed by atoms with Crippen LogP contribution in [-0.2, 0) is 23.9 Å². The molecule has 0 atom stereocenters. The van der Waals surface area contributed by atoms with Crippen LogP contribution in [0.25, 0.3) is 0 Å². The molecule has 0 fully saturated rings. The van der Waals surface area contributed by atoms with Crippen LogP contribution in [0.2, 0.25) is 0 Å². The molecule has 0 saturated carbocycles. The number of carbonyl (C=O) groups excluding carboxylic acids is 3. The van der Waals surface area contributed by atoms with Gasteiger partial charge in [0.25, 0.3) is 0 Å². The second kappa shape index (κ2) is 38.0. The van der Waals surface area contributed by atoms with Crippen LogP contribution in [0.4, 0.5) is 13.2 Å². The van der Waals surface area contributed by atoms with Crippen molar-refractivity contribution in [3.8, 4) is 0 Å². The first-order valence-electron chi connectivity index (χ1n) is 21.7. The predicted octanol–water partition coefficient (Wildman–Crippen LogP) is 13.3. The van der Waals surface area contributed by atoms with E-state index >= 15 is 0 Å². The fourth-order valence-electron chi connectivity index (χ4n) is 6.20. The summed E-state index contributed by atoms with van der Waals surface area (Å²) >= 11 is 0. The minimum absolute atomic E-state index is 0.0452. The Morgan fingerprint density at radius 2 is 0.755 bits per heavy atom. The number of hydrogen-bond donors (Lipinski definition) is 0. The lowest BCUT2D eigenvalue weighted by molar-refractivity contribution is -0.185. The number of hydrogen-bond acceptors (Lipinski definition) is 5. The van der Waals surface area contributed by atoms with Crippen molar-refractivity contribution in [3.63, 3.8) is 0 Å². The zero-order valence-electron chi connectivity index (χ0n) is 34.0. The van der Waals surface area contributed by atoms with Gasteiger partial charge in [0.1, 0.15) is 0 Å². The Morgan fingerprint density at radius 3 is 1.08 bits per heavy atom. The summed E-state index contributed by atoms with van der Waals surface area (Å²) < 4.78 is 49.9. The van der Waals surface area contributed by atoms with Crippen molar-refractivity contribution in [3.05, 3.63) is 24.3 Å². The van der Waals surface area contributed by atoms with Gasteiger partial charge in [0.05, 0.1) is 13.2 Å². The highest BCUT2D eigenvalue weighted by atomic mass is 19.4. The van der Waals surface area contributed by atoms with Crippen molar-refractivity contribution in [2.45, 2.75) is 213 Å². The first-order valence-corrected chi connectivity index (χ1v) is 21.7. The molecule has 0 aromatic rings. The van der Waals surface area contributed by atoms with Gasteiger partial charge in [-0.1, -0.05) is 141 Å². The van der Waals surface area contributed by atoms with E-state index in [9.17, 15) is 27.6 Å². The van der Waals surface area contributed by atoms with Gasteiger partial charge in [-0.25, -0.2) is 0 Å². The molecule has 0 unspecified atom stereocenters. The van der Waals surface area contributed by atoms with Crippen molar-refractivity contribution in [2.24, 2.45) is 0 Å². The Labute approximate surface area is 322 Å². The van der Waals surface area contributed by atoms with E-state index in [1.807, 2.05) is 0 Å². The molecule has 0 aliphatic carbocycles. The number of unbranched alkanes of at least 4 members (excludes halogenated alkanes) is 22. The van der Waals surface area contributed by atoms with Crippen LogP contribution in [0.5, 0.6) is 0 Å². The number of rotatable bonds is 38. The maximum atomic E-state index is 13.2. The molecular weight excluding hydrogens is 679 g/mol. The fourth-order valence-corrected chi connectivity index (χ4v) is 6.20. The van der Waals surface area contributed by atoms with Crippen molar-refractivity contribution in [1.29, 1.82) is 0 Å². The third-order valence-electron chi connectivity index (χ3n) is 9.49. The summed E-state index contributed by atoms with van der Waals surface area (Å²) in [5.41, 5.74) is 0. The molecule has 0 bridgehead atoms. The lowest BCUT2D eigenvalue weighted by Crippen LogP contribution is -2.42. The molecule has 0 spiro atoms. The Morgan fingerprint density at radius 1 is 0.453 bits per heavy atom. The highest BCUT2D eigenvalue weighted by Crippen LogP contribution is 2.19. The second-order valence-corrected chi connectivity index (χ2v) is 14.6. The average Bonchev–Trinajstić information content (AvgIpc) is 3.13. The van der Waals surface area contributed by atoms with Crippen molar-refractivity contribution < 1.29 is 37.0 Å². The van der Waals surface area contributed by atoms with Crippen LogP contribution < -0.4 is 0 Å². The number of alkyl halides is 3. The van der Waals surface area contributed by atoms with Gasteiger partial charge in [0, 0.05) is 25.9 Å². The molecule has 6 nitrogen and oxygen atoms in total. The second-order valence-electron chi connectivity index (χ2n) is 14.6. The summed E-state index contributed by atoms with van der Waals surface area (Å²) in [5.74, 6) is -2.67. The van der Waals surface area contributed by atoms with Crippen molar-refractivity contribution >= 4 is 17.8 Å². The van der Waals surface area contributed by atoms with Crippen molar-refractivity contribution in [1.82, 2.24) is 4.90 Å². The summed E-state index contributed by atoms with van der Waals surface area (Å²) in [4.78, 5) is 36.8. The van der Waals surface area contributed by atoms with E-state index in [0.717, 1.165) is 77.0 Å². The minimum atomic E-state index is -5.00. The predicted molar refractivity (Wildman–Crippen MR) is 213 cm³/mol. The molecule has 310 valence electrons. The van der Waals surface area contributed by atoms with E-state index in [2.05, 4.69) is 38.2 Å². The van der Waals surface area contributed by atoms with E-state index in [0.29, 0.717) is 4.90 Å². The van der Waals surface area contributed by atoms with Crippen LogP contribution in [0.1, 0.15) is 206 Å². The lowest BCUT2D eigenvalue weighted by atomic mass is 10.1. The normalized spacial score (nSPS) is 11.9. The van der Waals surface area contributed by atoms with E-state index < -0.39 is 12.1 Å². The summed E-state index contributed by atoms with van der Waals surface area (Å²) in [5, 5.41) is 0. The zero-order chi connectivity index (χ0) is 39.1. The van der Waals surface area contributed by atoms with Gasteiger partial charge in [0.15, 0.2) is 0 Å². The lowest BCUT2D eigenvalue weighted by Gasteiger charge is -2.23. The molecule has 53 heavy (non-hydrogen) atoms. The van der Waals surface area contributed by atoms with Gasteiger partial charge >= 0.3 is 24.0 Å².